The van der Waals surface area contributed by atoms with Gasteiger partial charge in [-0.1, -0.05) is 13.8 Å². The van der Waals surface area contributed by atoms with Crippen LogP contribution in [0.2, 0.25) is 0 Å². The summed E-state index contributed by atoms with van der Waals surface area (Å²) in [6.07, 6.45) is 1.58. The molecule has 14 heavy (non-hydrogen) atoms. The van der Waals surface area contributed by atoms with E-state index in [1.54, 1.807) is 13.1 Å². The van der Waals surface area contributed by atoms with Gasteiger partial charge in [-0.05, 0) is 12.8 Å². The summed E-state index contributed by atoms with van der Waals surface area (Å²) in [5, 5.41) is 0. The van der Waals surface area contributed by atoms with Crippen LogP contribution in [0, 0.1) is 6.92 Å². The van der Waals surface area contributed by atoms with Crippen LogP contribution >= 0.6 is 0 Å². The minimum atomic E-state index is -2.78. The molecule has 1 rings (SSSR count). The maximum Gasteiger partial charge on any atom is 0.387 e. The highest BCUT2D eigenvalue weighted by Gasteiger charge is 2.12. The van der Waals surface area contributed by atoms with Gasteiger partial charge in [0, 0.05) is 23.5 Å². The van der Waals surface area contributed by atoms with Gasteiger partial charge in [-0.2, -0.15) is 8.78 Å². The molecule has 0 N–H and O–H groups in total. The highest BCUT2D eigenvalue weighted by molar-refractivity contribution is 5.35. The first-order chi connectivity index (χ1) is 6.50. The maximum atomic E-state index is 12.1. The standard InChI is InChI=1S/C10H13F2NO/c1-6(2)8-5-13-7(3)4-9(8)14-10(11)12/h4-6,10H,1-3H3. The van der Waals surface area contributed by atoms with Crippen molar-refractivity contribution in [2.24, 2.45) is 0 Å². The second kappa shape index (κ2) is 4.35. The Morgan fingerprint density at radius 3 is 2.50 bits per heavy atom. The average Bonchev–Trinajstić information content (AvgIpc) is 2.01. The predicted molar refractivity (Wildman–Crippen MR) is 49.7 cm³/mol. The van der Waals surface area contributed by atoms with Crippen LogP contribution in [0.15, 0.2) is 12.3 Å². The summed E-state index contributed by atoms with van der Waals surface area (Å²) >= 11 is 0. The van der Waals surface area contributed by atoms with Crippen LogP contribution in [-0.2, 0) is 0 Å². The second-order valence-corrected chi connectivity index (χ2v) is 3.40. The minimum absolute atomic E-state index is 0.122. The van der Waals surface area contributed by atoms with E-state index in [0.29, 0.717) is 11.3 Å². The second-order valence-electron chi connectivity index (χ2n) is 3.40. The van der Waals surface area contributed by atoms with E-state index in [0.717, 1.165) is 0 Å². The molecule has 4 heteroatoms. The number of aromatic nitrogens is 1. The quantitative estimate of drug-likeness (QED) is 0.749. The molecule has 78 valence electrons. The molecule has 0 aliphatic carbocycles. The summed E-state index contributed by atoms with van der Waals surface area (Å²) in [6.45, 7) is 2.77. The van der Waals surface area contributed by atoms with Crippen molar-refractivity contribution in [2.75, 3.05) is 0 Å². The monoisotopic (exact) mass is 201 g/mol. The first-order valence-electron chi connectivity index (χ1n) is 4.42. The maximum absolute atomic E-state index is 12.1. The summed E-state index contributed by atoms with van der Waals surface area (Å²) in [5.41, 5.74) is 1.38. The van der Waals surface area contributed by atoms with Gasteiger partial charge in [0.15, 0.2) is 0 Å². The molecule has 0 bridgehead atoms. The van der Waals surface area contributed by atoms with Crippen LogP contribution in [0.1, 0.15) is 31.0 Å². The molecular weight excluding hydrogens is 188 g/mol. The smallest absolute Gasteiger partial charge is 0.387 e. The van der Waals surface area contributed by atoms with Gasteiger partial charge in [-0.25, -0.2) is 0 Å². The van der Waals surface area contributed by atoms with Gasteiger partial charge in [0.25, 0.3) is 0 Å². The Balaban J connectivity index is 3.03. The third-order valence-corrected chi connectivity index (χ3v) is 1.87. The predicted octanol–water partition coefficient (Wildman–Crippen LogP) is 3.11. The third-order valence-electron chi connectivity index (χ3n) is 1.87. The minimum Gasteiger partial charge on any atom is -0.434 e. The number of alkyl halides is 2. The SMILES string of the molecule is Cc1cc(OC(F)F)c(C(C)C)cn1. The zero-order chi connectivity index (χ0) is 10.7. The van der Waals surface area contributed by atoms with E-state index in [9.17, 15) is 8.78 Å². The van der Waals surface area contributed by atoms with Gasteiger partial charge >= 0.3 is 6.61 Å². The summed E-state index contributed by atoms with van der Waals surface area (Å²) in [6, 6.07) is 1.53. The van der Waals surface area contributed by atoms with E-state index in [2.05, 4.69) is 9.72 Å². The summed E-state index contributed by atoms with van der Waals surface area (Å²) in [7, 11) is 0. The van der Waals surface area contributed by atoms with Gasteiger partial charge in [-0.3, -0.25) is 4.98 Å². The number of halogens is 2. The molecule has 0 spiro atoms. The van der Waals surface area contributed by atoms with Crippen LogP contribution in [0.3, 0.4) is 0 Å². The Bertz CT molecular complexity index is 313. The lowest BCUT2D eigenvalue weighted by Crippen LogP contribution is -2.06. The molecular formula is C10H13F2NO. The number of ether oxygens (including phenoxy) is 1. The zero-order valence-corrected chi connectivity index (χ0v) is 8.42. The molecule has 0 radical (unpaired) electrons. The number of rotatable bonds is 3. The lowest BCUT2D eigenvalue weighted by atomic mass is 10.0. The van der Waals surface area contributed by atoms with Crippen molar-refractivity contribution in [2.45, 2.75) is 33.3 Å². The van der Waals surface area contributed by atoms with E-state index in [4.69, 9.17) is 0 Å². The van der Waals surface area contributed by atoms with Crippen LogP contribution in [0.4, 0.5) is 8.78 Å². The number of hydrogen-bond donors (Lipinski definition) is 0. The molecule has 0 aliphatic heterocycles. The normalized spacial score (nSPS) is 11.1. The number of hydrogen-bond acceptors (Lipinski definition) is 2. The van der Waals surface area contributed by atoms with Crippen molar-refractivity contribution in [3.8, 4) is 5.75 Å². The number of nitrogens with zero attached hydrogens (tertiary/aromatic N) is 1. The van der Waals surface area contributed by atoms with E-state index in [1.165, 1.54) is 6.07 Å². The highest BCUT2D eigenvalue weighted by Crippen LogP contribution is 2.27. The Labute approximate surface area is 81.9 Å². The molecule has 1 aromatic rings. The first-order valence-corrected chi connectivity index (χ1v) is 4.42. The molecule has 0 atom stereocenters. The fourth-order valence-corrected chi connectivity index (χ4v) is 1.18. The fourth-order valence-electron chi connectivity index (χ4n) is 1.18. The lowest BCUT2D eigenvalue weighted by Gasteiger charge is -2.13. The zero-order valence-electron chi connectivity index (χ0n) is 8.42. The van der Waals surface area contributed by atoms with Gasteiger partial charge in [0.05, 0.1) is 0 Å². The number of aryl methyl sites for hydroxylation is 1. The summed E-state index contributed by atoms with van der Waals surface area (Å²) in [4.78, 5) is 4.04. The van der Waals surface area contributed by atoms with Crippen LogP contribution in [0.5, 0.6) is 5.75 Å². The summed E-state index contributed by atoms with van der Waals surface area (Å²) < 4.78 is 28.5. The average molecular weight is 201 g/mol. The van der Waals surface area contributed by atoms with Gasteiger partial charge in [0.1, 0.15) is 5.75 Å². The van der Waals surface area contributed by atoms with Gasteiger partial charge in [-0.15, -0.1) is 0 Å². The number of pyridine rings is 1. The molecule has 0 aromatic carbocycles. The van der Waals surface area contributed by atoms with E-state index < -0.39 is 6.61 Å². The third kappa shape index (κ3) is 2.65. The van der Waals surface area contributed by atoms with Gasteiger partial charge < -0.3 is 4.74 Å². The molecule has 0 fully saturated rings. The van der Waals surface area contributed by atoms with Crippen LogP contribution in [-0.4, -0.2) is 11.6 Å². The van der Waals surface area contributed by atoms with Crippen molar-refractivity contribution >= 4 is 0 Å². The van der Waals surface area contributed by atoms with Crippen LogP contribution < -0.4 is 4.74 Å². The molecule has 2 nitrogen and oxygen atoms in total. The topological polar surface area (TPSA) is 22.1 Å². The molecule has 1 aromatic heterocycles. The van der Waals surface area contributed by atoms with Crippen molar-refractivity contribution in [3.05, 3.63) is 23.5 Å². The molecule has 0 saturated carbocycles. The van der Waals surface area contributed by atoms with Crippen molar-refractivity contribution in [1.29, 1.82) is 0 Å². The van der Waals surface area contributed by atoms with Crippen molar-refractivity contribution in [3.63, 3.8) is 0 Å². The van der Waals surface area contributed by atoms with E-state index in [1.807, 2.05) is 13.8 Å². The van der Waals surface area contributed by atoms with Crippen molar-refractivity contribution < 1.29 is 13.5 Å². The molecule has 0 unspecified atom stereocenters. The lowest BCUT2D eigenvalue weighted by molar-refractivity contribution is -0.0506. The summed E-state index contributed by atoms with van der Waals surface area (Å²) in [5.74, 6) is 0.347. The first kappa shape index (κ1) is 10.9. The van der Waals surface area contributed by atoms with E-state index >= 15 is 0 Å². The van der Waals surface area contributed by atoms with Crippen LogP contribution in [0.25, 0.3) is 0 Å². The molecule has 0 aliphatic rings. The molecule has 1 heterocycles. The Hall–Kier alpha value is -1.19. The van der Waals surface area contributed by atoms with Gasteiger partial charge in [0.2, 0.25) is 0 Å². The largest absolute Gasteiger partial charge is 0.434 e. The molecule has 0 amide bonds. The Morgan fingerprint density at radius 2 is 2.00 bits per heavy atom. The molecule has 0 saturated heterocycles. The highest BCUT2D eigenvalue weighted by atomic mass is 19.3. The van der Waals surface area contributed by atoms with E-state index in [-0.39, 0.29) is 11.7 Å². The van der Waals surface area contributed by atoms with Crippen molar-refractivity contribution in [1.82, 2.24) is 4.98 Å². The Morgan fingerprint density at radius 1 is 1.36 bits per heavy atom. The Kier molecular flexibility index (Phi) is 3.38. The fraction of sp³-hybridized carbons (Fsp3) is 0.500.